The number of ether oxygens (including phenoxy) is 3. The number of hydrogen-bond donors (Lipinski definition) is 0. The minimum absolute atomic E-state index is 0.0892. The van der Waals surface area contributed by atoms with Gasteiger partial charge in [-0.2, -0.15) is 0 Å². The molecule has 0 spiro atoms. The third-order valence-corrected chi connectivity index (χ3v) is 14.1. The quantitative estimate of drug-likeness (QED) is 0.0261. The fraction of sp³-hybridized carbons (Fsp3) is 0.667. The molecule has 0 heterocycles. The highest BCUT2D eigenvalue weighted by Gasteiger charge is 2.19. The Morgan fingerprint density at radius 3 is 0.765 bits per heavy atom. The maximum absolute atomic E-state index is 12.9. The van der Waals surface area contributed by atoms with Crippen LogP contribution in [0.25, 0.3) is 0 Å². The van der Waals surface area contributed by atoms with Gasteiger partial charge in [0.1, 0.15) is 13.2 Å². The van der Waals surface area contributed by atoms with Crippen molar-refractivity contribution >= 4 is 17.9 Å². The lowest BCUT2D eigenvalue weighted by Crippen LogP contribution is -2.30. The standard InChI is InChI=1S/C75H124O6/c1-4-7-10-13-16-19-22-25-27-29-30-31-32-33-34-35-36-37-38-39-40-41-42-43-44-45-46-47-49-50-53-56-59-62-65-68-74(77)80-71-72(70-79-73(76)67-64-61-58-55-52-24-21-18-15-12-9-6-3)81-75(78)69-66-63-60-57-54-51-48-28-26-23-20-17-14-11-8-5-2/h7,10,16,19,25,27-28,30-31,33-34,36-37,39-40,42-43,45-46,48-50,72H,4-6,8-9,11-15,17-18,20-24,26,29,32,35,38,41,44,47,51-71H2,1-3H3/b10-7-,19-16-,27-25-,31-30-,34-33-,37-36-,40-39-,43-42-,46-45-,48-28-,50-49-. The van der Waals surface area contributed by atoms with Crippen LogP contribution >= 0.6 is 0 Å². The van der Waals surface area contributed by atoms with Crippen molar-refractivity contribution in [2.45, 2.75) is 309 Å². The van der Waals surface area contributed by atoms with E-state index < -0.39 is 6.10 Å². The van der Waals surface area contributed by atoms with Crippen LogP contribution in [0.5, 0.6) is 0 Å². The Morgan fingerprint density at radius 1 is 0.259 bits per heavy atom. The molecule has 0 aliphatic rings. The van der Waals surface area contributed by atoms with Crippen LogP contribution in [0, 0.1) is 0 Å². The van der Waals surface area contributed by atoms with Crippen LogP contribution in [0.4, 0.5) is 0 Å². The van der Waals surface area contributed by atoms with E-state index in [9.17, 15) is 14.4 Å². The van der Waals surface area contributed by atoms with Gasteiger partial charge in [-0.05, 0) is 122 Å². The molecule has 81 heavy (non-hydrogen) atoms. The maximum Gasteiger partial charge on any atom is 0.306 e. The van der Waals surface area contributed by atoms with Crippen LogP contribution in [-0.4, -0.2) is 37.2 Å². The van der Waals surface area contributed by atoms with Crippen LogP contribution in [0.3, 0.4) is 0 Å². The van der Waals surface area contributed by atoms with Gasteiger partial charge in [0.2, 0.25) is 0 Å². The second-order valence-electron chi connectivity index (χ2n) is 22.0. The molecule has 6 heteroatoms. The van der Waals surface area contributed by atoms with E-state index in [1.54, 1.807) is 0 Å². The van der Waals surface area contributed by atoms with Gasteiger partial charge in [0, 0.05) is 19.3 Å². The first-order valence-corrected chi connectivity index (χ1v) is 33.7. The van der Waals surface area contributed by atoms with Gasteiger partial charge in [-0.3, -0.25) is 14.4 Å². The molecule has 0 aliphatic carbocycles. The number of hydrogen-bond acceptors (Lipinski definition) is 6. The van der Waals surface area contributed by atoms with Gasteiger partial charge in [-0.15, -0.1) is 0 Å². The van der Waals surface area contributed by atoms with Gasteiger partial charge in [0.25, 0.3) is 0 Å². The Kier molecular flexibility index (Phi) is 64.3. The maximum atomic E-state index is 12.9. The Hall–Kier alpha value is -4.45. The van der Waals surface area contributed by atoms with Gasteiger partial charge in [0.15, 0.2) is 6.10 Å². The van der Waals surface area contributed by atoms with Crippen molar-refractivity contribution in [2.75, 3.05) is 13.2 Å². The fourth-order valence-electron chi connectivity index (χ4n) is 9.11. The Bertz CT molecular complexity index is 1720. The lowest BCUT2D eigenvalue weighted by molar-refractivity contribution is -0.167. The third kappa shape index (κ3) is 66.2. The highest BCUT2D eigenvalue weighted by atomic mass is 16.6. The van der Waals surface area contributed by atoms with E-state index in [0.717, 1.165) is 148 Å². The first kappa shape index (κ1) is 76.5. The first-order valence-electron chi connectivity index (χ1n) is 33.7. The van der Waals surface area contributed by atoms with E-state index in [1.807, 2.05) is 0 Å². The second-order valence-corrected chi connectivity index (χ2v) is 22.0. The number of carbonyl (C=O) groups is 3. The monoisotopic (exact) mass is 1120 g/mol. The van der Waals surface area contributed by atoms with Crippen LogP contribution in [0.15, 0.2) is 134 Å². The van der Waals surface area contributed by atoms with E-state index in [0.29, 0.717) is 19.3 Å². The second kappa shape index (κ2) is 68.1. The molecule has 1 atom stereocenters. The summed E-state index contributed by atoms with van der Waals surface area (Å²) in [5.74, 6) is -0.919. The van der Waals surface area contributed by atoms with E-state index in [-0.39, 0.29) is 31.1 Å². The van der Waals surface area contributed by atoms with Gasteiger partial charge < -0.3 is 14.2 Å². The lowest BCUT2D eigenvalue weighted by Gasteiger charge is -2.18. The van der Waals surface area contributed by atoms with Crippen molar-refractivity contribution in [1.29, 1.82) is 0 Å². The minimum atomic E-state index is -0.795. The van der Waals surface area contributed by atoms with Gasteiger partial charge >= 0.3 is 17.9 Å². The number of allylic oxidation sites excluding steroid dienone is 22. The van der Waals surface area contributed by atoms with Crippen LogP contribution in [0.2, 0.25) is 0 Å². The molecule has 0 bridgehead atoms. The van der Waals surface area contributed by atoms with Crippen LogP contribution < -0.4 is 0 Å². The summed E-state index contributed by atoms with van der Waals surface area (Å²) in [7, 11) is 0. The Morgan fingerprint density at radius 2 is 0.481 bits per heavy atom. The largest absolute Gasteiger partial charge is 0.462 e. The smallest absolute Gasteiger partial charge is 0.306 e. The van der Waals surface area contributed by atoms with E-state index in [2.05, 4.69) is 154 Å². The number of esters is 3. The number of carbonyl (C=O) groups excluding carboxylic acids is 3. The van der Waals surface area contributed by atoms with Crippen molar-refractivity contribution in [3.63, 3.8) is 0 Å². The zero-order valence-corrected chi connectivity index (χ0v) is 52.8. The molecule has 0 saturated heterocycles. The summed E-state index contributed by atoms with van der Waals surface area (Å²) in [6, 6.07) is 0. The molecule has 6 nitrogen and oxygen atoms in total. The third-order valence-electron chi connectivity index (χ3n) is 14.1. The number of rotatable bonds is 60. The Labute approximate surface area is 500 Å². The normalized spacial score (nSPS) is 13.0. The van der Waals surface area contributed by atoms with E-state index in [4.69, 9.17) is 14.2 Å². The summed E-state index contributed by atoms with van der Waals surface area (Å²) < 4.78 is 16.9. The predicted octanol–water partition coefficient (Wildman–Crippen LogP) is 23.3. The van der Waals surface area contributed by atoms with Gasteiger partial charge in [-0.25, -0.2) is 0 Å². The highest BCUT2D eigenvalue weighted by molar-refractivity contribution is 5.71. The Balaban J connectivity index is 4.31. The lowest BCUT2D eigenvalue weighted by atomic mass is 10.0. The molecular formula is C75H124O6. The van der Waals surface area contributed by atoms with Crippen molar-refractivity contribution in [3.05, 3.63) is 134 Å². The SMILES string of the molecule is CC/C=C\C/C=C\C/C=C\C/C=C\C/C=C\C/C=C\C/C=C\C/C=C\C/C=C\C/C=C\CCCCCCC(=O)OCC(COC(=O)CCCCCCCCCCCCCC)OC(=O)CCCCCCC/C=C\CCCCCCCCC. The average molecular weight is 1120 g/mol. The molecule has 0 radical (unpaired) electrons. The van der Waals surface area contributed by atoms with Crippen molar-refractivity contribution in [3.8, 4) is 0 Å². The van der Waals surface area contributed by atoms with Crippen molar-refractivity contribution in [2.24, 2.45) is 0 Å². The molecule has 0 amide bonds. The zero-order valence-electron chi connectivity index (χ0n) is 52.8. The molecule has 0 fully saturated rings. The van der Waals surface area contributed by atoms with Crippen LogP contribution in [-0.2, 0) is 28.6 Å². The summed E-state index contributed by atoms with van der Waals surface area (Å²) in [4.78, 5) is 38.3. The molecule has 1 unspecified atom stereocenters. The fourth-order valence-corrected chi connectivity index (χ4v) is 9.11. The molecule has 0 N–H and O–H groups in total. The molecule has 0 saturated carbocycles. The molecule has 0 aromatic rings. The summed E-state index contributed by atoms with van der Waals surface area (Å²) in [5, 5.41) is 0. The molecule has 0 aromatic heterocycles. The van der Waals surface area contributed by atoms with Gasteiger partial charge in [0.05, 0.1) is 0 Å². The molecular weight excluding hydrogens is 997 g/mol. The topological polar surface area (TPSA) is 78.9 Å². The molecule has 460 valence electrons. The summed E-state index contributed by atoms with van der Waals surface area (Å²) >= 11 is 0. The van der Waals surface area contributed by atoms with Crippen LogP contribution in [0.1, 0.15) is 303 Å². The van der Waals surface area contributed by atoms with Gasteiger partial charge in [-0.1, -0.05) is 296 Å². The van der Waals surface area contributed by atoms with Crippen molar-refractivity contribution < 1.29 is 28.6 Å². The minimum Gasteiger partial charge on any atom is -0.462 e. The number of unbranched alkanes of at least 4 members (excludes halogenated alkanes) is 27. The average Bonchev–Trinajstić information content (AvgIpc) is 3.47. The predicted molar refractivity (Wildman–Crippen MR) is 353 cm³/mol. The summed E-state index contributed by atoms with van der Waals surface area (Å²) in [6.45, 7) is 6.51. The first-order chi connectivity index (χ1) is 40.0. The summed E-state index contributed by atoms with van der Waals surface area (Å²) in [6.07, 6.45) is 96.1. The highest BCUT2D eigenvalue weighted by Crippen LogP contribution is 2.15. The zero-order chi connectivity index (χ0) is 58.5. The summed E-state index contributed by atoms with van der Waals surface area (Å²) in [5.41, 5.74) is 0. The van der Waals surface area contributed by atoms with E-state index >= 15 is 0 Å². The van der Waals surface area contributed by atoms with E-state index in [1.165, 1.54) is 116 Å². The van der Waals surface area contributed by atoms with Crippen molar-refractivity contribution in [1.82, 2.24) is 0 Å². The molecule has 0 rings (SSSR count). The molecule has 0 aliphatic heterocycles. The molecule has 0 aromatic carbocycles.